The zero-order chi connectivity index (χ0) is 14.4. The molecule has 1 amide bonds. The molecule has 0 saturated heterocycles. The maximum Gasteiger partial charge on any atom is 0.234 e. The molecule has 0 aliphatic rings. The molecule has 108 valence electrons. The zero-order valence-corrected chi connectivity index (χ0v) is 12.5. The van der Waals surface area contributed by atoms with Crippen molar-refractivity contribution in [3.8, 4) is 0 Å². The molecule has 5 heteroatoms. The summed E-state index contributed by atoms with van der Waals surface area (Å²) in [5.41, 5.74) is 8.99. The molecule has 1 aromatic heterocycles. The first kappa shape index (κ1) is 15.7. The van der Waals surface area contributed by atoms with E-state index in [1.54, 1.807) is 0 Å². The van der Waals surface area contributed by atoms with Crippen LogP contribution >= 0.6 is 0 Å². The highest BCUT2D eigenvalue weighted by molar-refractivity contribution is 5.79. The zero-order valence-electron chi connectivity index (χ0n) is 12.5. The Bertz CT molecular complexity index is 425. The van der Waals surface area contributed by atoms with Crippen LogP contribution in [0.25, 0.3) is 0 Å². The van der Waals surface area contributed by atoms with Crippen molar-refractivity contribution in [2.75, 3.05) is 6.54 Å². The number of aromatic nitrogens is 2. The molecule has 1 heterocycles. The van der Waals surface area contributed by atoms with E-state index in [0.29, 0.717) is 6.42 Å². The maximum absolute atomic E-state index is 11.4. The summed E-state index contributed by atoms with van der Waals surface area (Å²) in [6, 6.07) is -0.270. The van der Waals surface area contributed by atoms with Gasteiger partial charge < -0.3 is 11.1 Å². The van der Waals surface area contributed by atoms with Gasteiger partial charge in [0.05, 0.1) is 11.7 Å². The van der Waals surface area contributed by atoms with Crippen LogP contribution in [-0.2, 0) is 17.8 Å². The maximum atomic E-state index is 11.4. The quantitative estimate of drug-likeness (QED) is 0.745. The number of rotatable bonds is 8. The fourth-order valence-corrected chi connectivity index (χ4v) is 2.38. The minimum absolute atomic E-state index is 0.270. The highest BCUT2D eigenvalue weighted by atomic mass is 16.1. The Balaban J connectivity index is 2.66. The number of carbonyl (C=O) groups excluding carboxylic acids is 1. The summed E-state index contributed by atoms with van der Waals surface area (Å²) in [5, 5.41) is 7.71. The highest BCUT2D eigenvalue weighted by Crippen LogP contribution is 2.14. The van der Waals surface area contributed by atoms with E-state index in [4.69, 9.17) is 5.73 Å². The summed E-state index contributed by atoms with van der Waals surface area (Å²) in [5.74, 6) is -0.286. The molecule has 3 N–H and O–H groups in total. The second-order valence-corrected chi connectivity index (χ2v) is 4.92. The van der Waals surface area contributed by atoms with Gasteiger partial charge in [-0.05, 0) is 45.2 Å². The molecule has 0 saturated carbocycles. The van der Waals surface area contributed by atoms with Gasteiger partial charge >= 0.3 is 0 Å². The molecule has 1 unspecified atom stereocenters. The van der Waals surface area contributed by atoms with Crippen molar-refractivity contribution in [2.24, 2.45) is 5.73 Å². The van der Waals surface area contributed by atoms with Crippen molar-refractivity contribution in [1.29, 1.82) is 0 Å². The molecular weight excluding hydrogens is 240 g/mol. The van der Waals surface area contributed by atoms with Gasteiger partial charge in [0.15, 0.2) is 0 Å². The van der Waals surface area contributed by atoms with E-state index >= 15 is 0 Å². The molecule has 0 fully saturated rings. The normalized spacial score (nSPS) is 12.6. The predicted molar refractivity (Wildman–Crippen MR) is 77.0 cm³/mol. The summed E-state index contributed by atoms with van der Waals surface area (Å²) in [6.45, 7) is 9.85. The van der Waals surface area contributed by atoms with Crippen molar-refractivity contribution in [3.63, 3.8) is 0 Å². The van der Waals surface area contributed by atoms with Crippen molar-refractivity contribution in [2.45, 2.75) is 59.5 Å². The fraction of sp³-hybridized carbons (Fsp3) is 0.714. The molecule has 1 rings (SSSR count). The SMILES string of the molecule is CCCNC(CCn1nc(C)c(CC)c1C)C(N)=O. The third-order valence-corrected chi connectivity index (χ3v) is 3.50. The molecule has 19 heavy (non-hydrogen) atoms. The lowest BCUT2D eigenvalue weighted by atomic mass is 10.1. The van der Waals surface area contributed by atoms with Crippen LogP contribution in [0.3, 0.4) is 0 Å². The molecular formula is C14H26N4O. The van der Waals surface area contributed by atoms with Gasteiger partial charge in [0, 0.05) is 12.2 Å². The Labute approximate surface area is 115 Å². The monoisotopic (exact) mass is 266 g/mol. The van der Waals surface area contributed by atoms with Crippen LogP contribution in [0, 0.1) is 13.8 Å². The Hall–Kier alpha value is -1.36. The molecule has 0 aliphatic heterocycles. The highest BCUT2D eigenvalue weighted by Gasteiger charge is 2.16. The first-order valence-electron chi connectivity index (χ1n) is 7.06. The van der Waals surface area contributed by atoms with Gasteiger partial charge in [-0.1, -0.05) is 13.8 Å². The minimum Gasteiger partial charge on any atom is -0.368 e. The molecule has 0 aliphatic carbocycles. The van der Waals surface area contributed by atoms with Gasteiger partial charge in [-0.2, -0.15) is 5.10 Å². The smallest absolute Gasteiger partial charge is 0.234 e. The van der Waals surface area contributed by atoms with Crippen LogP contribution in [0.15, 0.2) is 0 Å². The number of nitrogens with zero attached hydrogens (tertiary/aromatic N) is 2. The Morgan fingerprint density at radius 2 is 2.11 bits per heavy atom. The number of amides is 1. The third kappa shape index (κ3) is 4.06. The van der Waals surface area contributed by atoms with E-state index in [1.165, 1.54) is 11.3 Å². The third-order valence-electron chi connectivity index (χ3n) is 3.50. The van der Waals surface area contributed by atoms with Crippen molar-refractivity contribution >= 4 is 5.91 Å². The van der Waals surface area contributed by atoms with Crippen LogP contribution in [0.4, 0.5) is 0 Å². The van der Waals surface area contributed by atoms with Crippen LogP contribution in [0.5, 0.6) is 0 Å². The van der Waals surface area contributed by atoms with Gasteiger partial charge in [0.2, 0.25) is 5.91 Å². The summed E-state index contributed by atoms with van der Waals surface area (Å²) in [6.07, 6.45) is 2.66. The Kier molecular flexibility index (Phi) is 6.02. The molecule has 0 bridgehead atoms. The first-order valence-corrected chi connectivity index (χ1v) is 7.06. The van der Waals surface area contributed by atoms with Crippen molar-refractivity contribution in [1.82, 2.24) is 15.1 Å². The van der Waals surface area contributed by atoms with E-state index in [9.17, 15) is 4.79 Å². The largest absolute Gasteiger partial charge is 0.368 e. The van der Waals surface area contributed by atoms with E-state index in [-0.39, 0.29) is 11.9 Å². The molecule has 0 spiro atoms. The van der Waals surface area contributed by atoms with Gasteiger partial charge in [0.1, 0.15) is 0 Å². The lowest BCUT2D eigenvalue weighted by Gasteiger charge is -2.15. The second kappa shape index (κ2) is 7.28. The summed E-state index contributed by atoms with van der Waals surface area (Å²) >= 11 is 0. The van der Waals surface area contributed by atoms with Gasteiger partial charge in [-0.15, -0.1) is 0 Å². The van der Waals surface area contributed by atoms with Crippen LogP contribution < -0.4 is 11.1 Å². The molecule has 1 aromatic rings. The standard InChI is InChI=1S/C14H26N4O/c1-5-8-16-13(14(15)19)7-9-18-11(4)12(6-2)10(3)17-18/h13,16H,5-9H2,1-4H3,(H2,15,19). The van der Waals surface area contributed by atoms with Gasteiger partial charge in [0.25, 0.3) is 0 Å². The topological polar surface area (TPSA) is 72.9 Å². The van der Waals surface area contributed by atoms with E-state index in [2.05, 4.69) is 31.2 Å². The van der Waals surface area contributed by atoms with Crippen molar-refractivity contribution in [3.05, 3.63) is 17.0 Å². The number of aryl methyl sites for hydroxylation is 2. The average molecular weight is 266 g/mol. The van der Waals surface area contributed by atoms with Gasteiger partial charge in [-0.3, -0.25) is 9.48 Å². The van der Waals surface area contributed by atoms with Gasteiger partial charge in [-0.25, -0.2) is 0 Å². The molecule has 0 radical (unpaired) electrons. The van der Waals surface area contributed by atoms with Crippen LogP contribution in [0.2, 0.25) is 0 Å². The van der Waals surface area contributed by atoms with Crippen LogP contribution in [-0.4, -0.2) is 28.3 Å². The summed E-state index contributed by atoms with van der Waals surface area (Å²) in [4.78, 5) is 11.4. The number of nitrogens with two attached hydrogens (primary N) is 1. The number of hydrogen-bond acceptors (Lipinski definition) is 3. The molecule has 5 nitrogen and oxygen atoms in total. The number of carbonyl (C=O) groups is 1. The predicted octanol–water partition coefficient (Wildman–Crippen LogP) is 1.31. The first-order chi connectivity index (χ1) is 9.01. The summed E-state index contributed by atoms with van der Waals surface area (Å²) in [7, 11) is 0. The lowest BCUT2D eigenvalue weighted by Crippen LogP contribution is -2.42. The lowest BCUT2D eigenvalue weighted by molar-refractivity contribution is -0.120. The Morgan fingerprint density at radius 1 is 1.42 bits per heavy atom. The average Bonchev–Trinajstić information content (AvgIpc) is 2.63. The van der Waals surface area contributed by atoms with E-state index in [0.717, 1.165) is 31.6 Å². The number of hydrogen-bond donors (Lipinski definition) is 2. The minimum atomic E-state index is -0.286. The molecule has 0 aromatic carbocycles. The van der Waals surface area contributed by atoms with E-state index in [1.807, 2.05) is 11.6 Å². The summed E-state index contributed by atoms with van der Waals surface area (Å²) < 4.78 is 1.98. The molecule has 1 atom stereocenters. The van der Waals surface area contributed by atoms with E-state index < -0.39 is 0 Å². The Morgan fingerprint density at radius 3 is 2.58 bits per heavy atom. The number of nitrogens with one attached hydrogen (secondary N) is 1. The fourth-order valence-electron chi connectivity index (χ4n) is 2.38. The van der Waals surface area contributed by atoms with Crippen molar-refractivity contribution < 1.29 is 4.79 Å². The van der Waals surface area contributed by atoms with Crippen LogP contribution in [0.1, 0.15) is 43.6 Å². The number of primary amides is 1. The second-order valence-electron chi connectivity index (χ2n) is 4.92.